The molecule has 1 atom stereocenters. The van der Waals surface area contributed by atoms with Crippen LogP contribution in [0.2, 0.25) is 0 Å². The first-order chi connectivity index (χ1) is 13.7. The molecular formula is C20H26FN3O4S2. The van der Waals surface area contributed by atoms with E-state index in [1.54, 1.807) is 0 Å². The predicted molar refractivity (Wildman–Crippen MR) is 116 cm³/mol. The molecule has 0 aliphatic rings. The van der Waals surface area contributed by atoms with Crippen molar-refractivity contribution in [2.75, 3.05) is 11.6 Å². The Morgan fingerprint density at radius 3 is 1.80 bits per heavy atom. The highest BCUT2D eigenvalue weighted by Gasteiger charge is 2.19. The minimum absolute atomic E-state index is 0.0114. The van der Waals surface area contributed by atoms with Gasteiger partial charge in [0, 0.05) is 11.9 Å². The van der Waals surface area contributed by atoms with Crippen molar-refractivity contribution >= 4 is 31.5 Å². The minimum atomic E-state index is -3.62. The number of halogens is 1. The third-order valence-electron chi connectivity index (χ3n) is 4.45. The van der Waals surface area contributed by atoms with Gasteiger partial charge in [0.2, 0.25) is 0 Å². The van der Waals surface area contributed by atoms with E-state index in [0.717, 1.165) is 6.26 Å². The normalized spacial score (nSPS) is 13.9. The second kappa shape index (κ2) is 8.83. The Morgan fingerprint density at radius 2 is 1.40 bits per heavy atom. The quantitative estimate of drug-likeness (QED) is 0.694. The van der Waals surface area contributed by atoms with Crippen LogP contribution >= 0.6 is 0 Å². The summed E-state index contributed by atoms with van der Waals surface area (Å²) in [7, 11) is -7.05. The van der Waals surface area contributed by atoms with E-state index in [9.17, 15) is 21.8 Å². The van der Waals surface area contributed by atoms with E-state index < -0.39 is 31.6 Å². The zero-order valence-electron chi connectivity index (χ0n) is 17.5. The zero-order chi connectivity index (χ0) is 22.9. The van der Waals surface area contributed by atoms with Crippen molar-refractivity contribution in [2.45, 2.75) is 49.3 Å². The van der Waals surface area contributed by atoms with Gasteiger partial charge in [0.1, 0.15) is 15.7 Å². The molecular weight excluding hydrogens is 429 g/mol. The summed E-state index contributed by atoms with van der Waals surface area (Å²) in [6.07, 6.45) is 1.04. The first-order valence-corrected chi connectivity index (χ1v) is 12.7. The molecule has 2 aromatic carbocycles. The molecule has 30 heavy (non-hydrogen) atoms. The largest absolute Gasteiger partial charge is 0.354 e. The Labute approximate surface area is 177 Å². The summed E-state index contributed by atoms with van der Waals surface area (Å²) in [5, 5.41) is 8.37. The van der Waals surface area contributed by atoms with Crippen LogP contribution in [0.3, 0.4) is 0 Å². The third-order valence-corrected chi connectivity index (χ3v) is 6.96. The van der Waals surface area contributed by atoms with Crippen molar-refractivity contribution in [3.63, 3.8) is 0 Å². The molecule has 0 unspecified atom stereocenters. The molecule has 0 bridgehead atoms. The van der Waals surface area contributed by atoms with E-state index in [1.807, 2.05) is 27.7 Å². The van der Waals surface area contributed by atoms with Crippen LogP contribution in [-0.4, -0.2) is 24.9 Å². The fraction of sp³-hybridized carbons (Fsp3) is 0.350. The summed E-state index contributed by atoms with van der Waals surface area (Å²) < 4.78 is 53.5. The topological polar surface area (TPSA) is 119 Å². The zero-order valence-corrected chi connectivity index (χ0v) is 19.1. The maximum absolute atomic E-state index is 14.0. The van der Waals surface area contributed by atoms with Crippen molar-refractivity contribution in [3.8, 4) is 0 Å². The van der Waals surface area contributed by atoms with Crippen LogP contribution in [0, 0.1) is 5.82 Å². The van der Waals surface area contributed by atoms with Crippen molar-refractivity contribution < 1.29 is 21.8 Å². The molecule has 0 aliphatic carbocycles. The maximum Gasteiger partial charge on any atom is 0.354 e. The molecule has 3 N–H and O–H groups in total. The molecule has 0 saturated heterocycles. The average molecular weight is 456 g/mol. The van der Waals surface area contributed by atoms with Crippen molar-refractivity contribution in [1.29, 1.82) is 0 Å². The Balaban J connectivity index is 2.45. The van der Waals surface area contributed by atoms with Crippen LogP contribution in [0.25, 0.3) is 0 Å². The number of sulfone groups is 1. The van der Waals surface area contributed by atoms with Crippen LogP contribution in [-0.2, 0) is 19.8 Å². The number of benzene rings is 2. The SMILES string of the molecule is CC(C)c1cc(F)cc(C(C)C)c1NC(=O)N=[S@](N)(=O)c1ccc(S(C)(=O)=O)cc1. The fourth-order valence-electron chi connectivity index (χ4n) is 2.89. The lowest BCUT2D eigenvalue weighted by molar-refractivity contribution is 0.260. The maximum atomic E-state index is 14.0. The number of hydrogen-bond donors (Lipinski definition) is 2. The molecule has 7 nitrogen and oxygen atoms in total. The Hall–Kier alpha value is -2.30. The number of carbonyl (C=O) groups excluding carboxylic acids is 1. The number of nitrogens with one attached hydrogen (secondary N) is 1. The second-order valence-electron chi connectivity index (χ2n) is 7.60. The van der Waals surface area contributed by atoms with E-state index in [1.165, 1.54) is 36.4 Å². The van der Waals surface area contributed by atoms with Crippen LogP contribution < -0.4 is 10.5 Å². The minimum Gasteiger partial charge on any atom is -0.305 e. The first kappa shape index (κ1) is 24.0. The summed E-state index contributed by atoms with van der Waals surface area (Å²) in [6.45, 7) is 7.45. The molecule has 10 heteroatoms. The lowest BCUT2D eigenvalue weighted by Gasteiger charge is -2.20. The Morgan fingerprint density at radius 1 is 0.967 bits per heavy atom. The lowest BCUT2D eigenvalue weighted by atomic mass is 9.92. The second-order valence-corrected chi connectivity index (χ2v) is 11.4. The predicted octanol–water partition coefficient (Wildman–Crippen LogP) is 4.41. The van der Waals surface area contributed by atoms with Crippen molar-refractivity contribution in [1.82, 2.24) is 0 Å². The lowest BCUT2D eigenvalue weighted by Crippen LogP contribution is -2.19. The van der Waals surface area contributed by atoms with Gasteiger partial charge in [-0.05, 0) is 59.4 Å². The summed E-state index contributed by atoms with van der Waals surface area (Å²) in [4.78, 5) is 12.6. The number of amides is 2. The highest BCUT2D eigenvalue weighted by atomic mass is 32.2. The number of nitrogens with two attached hydrogens (primary N) is 1. The van der Waals surface area contributed by atoms with Crippen LogP contribution in [0.5, 0.6) is 0 Å². The van der Waals surface area contributed by atoms with Gasteiger partial charge >= 0.3 is 6.03 Å². The first-order valence-electron chi connectivity index (χ1n) is 9.21. The van der Waals surface area contributed by atoms with Gasteiger partial charge in [-0.15, -0.1) is 4.36 Å². The highest BCUT2D eigenvalue weighted by molar-refractivity contribution is 7.92. The number of urea groups is 1. The number of rotatable bonds is 5. The van der Waals surface area contributed by atoms with E-state index >= 15 is 0 Å². The summed E-state index contributed by atoms with van der Waals surface area (Å²) in [5.74, 6) is -0.579. The van der Waals surface area contributed by atoms with Gasteiger partial charge < -0.3 is 5.32 Å². The molecule has 0 spiro atoms. The van der Waals surface area contributed by atoms with E-state index in [-0.39, 0.29) is 21.6 Å². The van der Waals surface area contributed by atoms with Gasteiger partial charge in [-0.2, -0.15) is 0 Å². The van der Waals surface area contributed by atoms with Crippen molar-refractivity contribution in [2.24, 2.45) is 9.50 Å². The molecule has 0 aromatic heterocycles. The molecule has 0 aliphatic heterocycles. The van der Waals surface area contributed by atoms with Gasteiger partial charge in [0.05, 0.1) is 9.79 Å². The molecule has 0 fully saturated rings. The monoisotopic (exact) mass is 455 g/mol. The van der Waals surface area contributed by atoms with E-state index in [0.29, 0.717) is 16.8 Å². The Bertz CT molecular complexity index is 1150. The number of nitrogens with zero attached hydrogens (tertiary/aromatic N) is 1. The number of carbonyl (C=O) groups is 1. The van der Waals surface area contributed by atoms with Crippen molar-refractivity contribution in [3.05, 3.63) is 53.3 Å². The van der Waals surface area contributed by atoms with Crippen LogP contribution in [0.15, 0.2) is 50.6 Å². The number of anilines is 1. The number of hydrogen-bond acceptors (Lipinski definition) is 4. The van der Waals surface area contributed by atoms with Crippen LogP contribution in [0.4, 0.5) is 14.9 Å². The smallest absolute Gasteiger partial charge is 0.305 e. The van der Waals surface area contributed by atoms with Gasteiger partial charge in [-0.25, -0.2) is 27.0 Å². The highest BCUT2D eigenvalue weighted by Crippen LogP contribution is 2.33. The van der Waals surface area contributed by atoms with Gasteiger partial charge in [0.15, 0.2) is 9.84 Å². The molecule has 0 heterocycles. The summed E-state index contributed by atoms with van der Waals surface area (Å²) >= 11 is 0. The van der Waals surface area contributed by atoms with E-state index in [2.05, 4.69) is 9.68 Å². The molecule has 0 radical (unpaired) electrons. The van der Waals surface area contributed by atoms with Gasteiger partial charge in [0.25, 0.3) is 0 Å². The van der Waals surface area contributed by atoms with Gasteiger partial charge in [-0.3, -0.25) is 0 Å². The summed E-state index contributed by atoms with van der Waals surface area (Å²) in [6, 6.07) is 6.76. The fourth-order valence-corrected chi connectivity index (χ4v) is 4.45. The third kappa shape index (κ3) is 5.65. The Kier molecular flexibility index (Phi) is 7.05. The van der Waals surface area contributed by atoms with E-state index in [4.69, 9.17) is 5.14 Å². The molecule has 164 valence electrons. The molecule has 2 rings (SSSR count). The molecule has 0 saturated carbocycles. The van der Waals surface area contributed by atoms with Crippen LogP contribution in [0.1, 0.15) is 50.7 Å². The molecule has 2 aromatic rings. The summed E-state index contributed by atoms with van der Waals surface area (Å²) in [5.41, 5.74) is 1.59. The average Bonchev–Trinajstić information content (AvgIpc) is 2.61. The van der Waals surface area contributed by atoms with Gasteiger partial charge in [-0.1, -0.05) is 27.7 Å². The standard InChI is InChI=1S/C20H26FN3O4S2/c1-12(2)17-10-14(21)11-18(13(3)4)19(17)23-20(25)24-30(22,28)16-8-6-15(7-9-16)29(5,26)27/h6-13H,1-5H3,(H3,22,23,24,25,28)/t30-/m0/s1. The molecule has 2 amide bonds.